The van der Waals surface area contributed by atoms with Crippen LogP contribution in [0.4, 0.5) is 0 Å². The monoisotopic (exact) mass is 284 g/mol. The van der Waals surface area contributed by atoms with Gasteiger partial charge in [0.05, 0.1) is 27.2 Å². The summed E-state index contributed by atoms with van der Waals surface area (Å²) in [6.45, 7) is 3.85. The Morgan fingerprint density at radius 3 is 2.10 bits per heavy atom. The minimum atomic E-state index is -1.41. The van der Waals surface area contributed by atoms with Crippen LogP contribution in [0.15, 0.2) is 12.2 Å². The van der Waals surface area contributed by atoms with Crippen molar-refractivity contribution in [3.63, 3.8) is 0 Å². The number of methoxy groups -OCH3 is 3. The predicted octanol–water partition coefficient (Wildman–Crippen LogP) is 1.24. The van der Waals surface area contributed by atoms with Crippen molar-refractivity contribution in [3.8, 4) is 0 Å². The number of carbonyl (C=O) groups is 3. The molecule has 0 bridgehead atoms. The second-order valence-corrected chi connectivity index (χ2v) is 4.95. The molecule has 0 aromatic heterocycles. The highest BCUT2D eigenvalue weighted by atomic mass is 16.5. The van der Waals surface area contributed by atoms with Gasteiger partial charge in [-0.05, 0) is 25.7 Å². The van der Waals surface area contributed by atoms with Crippen molar-refractivity contribution in [2.75, 3.05) is 21.3 Å². The molecule has 112 valence electrons. The smallest absolute Gasteiger partial charge is 0.323 e. The Labute approximate surface area is 118 Å². The maximum atomic E-state index is 12.1. The number of esters is 3. The Hall–Kier alpha value is -1.85. The number of ether oxygens (including phenoxy) is 3. The van der Waals surface area contributed by atoms with Crippen LogP contribution in [0.5, 0.6) is 0 Å². The van der Waals surface area contributed by atoms with Crippen molar-refractivity contribution >= 4 is 17.9 Å². The first-order valence-corrected chi connectivity index (χ1v) is 6.32. The molecule has 6 nitrogen and oxygen atoms in total. The van der Waals surface area contributed by atoms with Gasteiger partial charge >= 0.3 is 17.9 Å². The lowest BCUT2D eigenvalue weighted by Crippen LogP contribution is -2.41. The summed E-state index contributed by atoms with van der Waals surface area (Å²) in [6.07, 6.45) is 1.03. The Morgan fingerprint density at radius 2 is 1.65 bits per heavy atom. The first-order chi connectivity index (χ1) is 9.41. The summed E-state index contributed by atoms with van der Waals surface area (Å²) in [6, 6.07) is 0. The average Bonchev–Trinajstić information content (AvgIpc) is 2.64. The van der Waals surface area contributed by atoms with E-state index in [1.54, 1.807) is 0 Å². The third-order valence-electron chi connectivity index (χ3n) is 3.69. The van der Waals surface area contributed by atoms with Gasteiger partial charge in [0.15, 0.2) is 5.41 Å². The van der Waals surface area contributed by atoms with Crippen LogP contribution in [0, 0.1) is 11.3 Å². The standard InChI is InChI=1S/C14H20O6/c1-9-7-10(11(15)18-2)5-6-14(8-9,12(16)19-3)13(17)20-4/h10H,1,5-8H2,2-4H3. The van der Waals surface area contributed by atoms with E-state index >= 15 is 0 Å². The van der Waals surface area contributed by atoms with Gasteiger partial charge in [-0.15, -0.1) is 0 Å². The van der Waals surface area contributed by atoms with Crippen LogP contribution in [0.2, 0.25) is 0 Å². The predicted molar refractivity (Wildman–Crippen MR) is 69.6 cm³/mol. The molecule has 0 saturated heterocycles. The van der Waals surface area contributed by atoms with Crippen molar-refractivity contribution in [3.05, 3.63) is 12.2 Å². The maximum Gasteiger partial charge on any atom is 0.323 e. The quantitative estimate of drug-likeness (QED) is 0.255. The number of hydrogen-bond acceptors (Lipinski definition) is 6. The van der Waals surface area contributed by atoms with Crippen molar-refractivity contribution in [2.45, 2.75) is 25.7 Å². The number of hydrogen-bond donors (Lipinski definition) is 0. The van der Waals surface area contributed by atoms with Crippen LogP contribution in [-0.4, -0.2) is 39.2 Å². The zero-order valence-corrected chi connectivity index (χ0v) is 12.1. The third kappa shape index (κ3) is 3.00. The Morgan fingerprint density at radius 1 is 1.10 bits per heavy atom. The van der Waals surface area contributed by atoms with E-state index in [1.807, 2.05) is 0 Å². The maximum absolute atomic E-state index is 12.1. The molecule has 20 heavy (non-hydrogen) atoms. The Bertz CT molecular complexity index is 409. The van der Waals surface area contributed by atoms with Crippen molar-refractivity contribution < 1.29 is 28.6 Å². The van der Waals surface area contributed by atoms with E-state index in [0.29, 0.717) is 18.4 Å². The molecule has 0 aromatic rings. The first kappa shape index (κ1) is 16.2. The molecule has 0 aliphatic heterocycles. The number of rotatable bonds is 3. The lowest BCUT2D eigenvalue weighted by Gasteiger charge is -2.26. The van der Waals surface area contributed by atoms with Gasteiger partial charge in [0, 0.05) is 0 Å². The molecule has 0 radical (unpaired) electrons. The second kappa shape index (κ2) is 6.54. The van der Waals surface area contributed by atoms with Gasteiger partial charge in [-0.2, -0.15) is 0 Å². The molecule has 1 saturated carbocycles. The Kier molecular flexibility index (Phi) is 5.30. The summed E-state index contributed by atoms with van der Waals surface area (Å²) < 4.78 is 14.2. The van der Waals surface area contributed by atoms with E-state index in [0.717, 1.165) is 0 Å². The van der Waals surface area contributed by atoms with E-state index in [1.165, 1.54) is 21.3 Å². The van der Waals surface area contributed by atoms with Crippen LogP contribution in [0.3, 0.4) is 0 Å². The van der Waals surface area contributed by atoms with E-state index in [4.69, 9.17) is 14.2 Å². The largest absolute Gasteiger partial charge is 0.469 e. The van der Waals surface area contributed by atoms with Crippen molar-refractivity contribution in [1.82, 2.24) is 0 Å². The fraction of sp³-hybridized carbons (Fsp3) is 0.643. The van der Waals surface area contributed by atoms with E-state index in [-0.39, 0.29) is 18.8 Å². The molecule has 0 amide bonds. The van der Waals surface area contributed by atoms with Crippen molar-refractivity contribution in [1.29, 1.82) is 0 Å². The molecule has 1 unspecified atom stereocenters. The van der Waals surface area contributed by atoms with E-state index < -0.39 is 23.3 Å². The first-order valence-electron chi connectivity index (χ1n) is 6.32. The molecule has 0 N–H and O–H groups in total. The van der Waals surface area contributed by atoms with Gasteiger partial charge in [-0.3, -0.25) is 14.4 Å². The summed E-state index contributed by atoms with van der Waals surface area (Å²) >= 11 is 0. The third-order valence-corrected chi connectivity index (χ3v) is 3.69. The van der Waals surface area contributed by atoms with Gasteiger partial charge in [0.25, 0.3) is 0 Å². The molecule has 1 aliphatic rings. The van der Waals surface area contributed by atoms with Crippen LogP contribution >= 0.6 is 0 Å². The molecule has 0 aromatic carbocycles. The average molecular weight is 284 g/mol. The van der Waals surface area contributed by atoms with E-state index in [2.05, 4.69) is 6.58 Å². The molecule has 1 aliphatic carbocycles. The normalized spacial score (nSPS) is 21.6. The SMILES string of the molecule is C=C1CC(C(=O)OC)CCC(C(=O)OC)(C(=O)OC)C1. The summed E-state index contributed by atoms with van der Waals surface area (Å²) in [5, 5.41) is 0. The van der Waals surface area contributed by atoms with Gasteiger partial charge in [0.2, 0.25) is 0 Å². The summed E-state index contributed by atoms with van der Waals surface area (Å²) in [7, 11) is 3.75. The zero-order chi connectivity index (χ0) is 15.3. The van der Waals surface area contributed by atoms with Gasteiger partial charge in [-0.25, -0.2) is 0 Å². The highest BCUT2D eigenvalue weighted by molar-refractivity contribution is 6.00. The fourth-order valence-electron chi connectivity index (χ4n) is 2.65. The number of allylic oxidation sites excluding steroid dienone is 1. The molecular formula is C14H20O6. The molecule has 0 spiro atoms. The topological polar surface area (TPSA) is 78.9 Å². The van der Waals surface area contributed by atoms with Crippen LogP contribution in [-0.2, 0) is 28.6 Å². The molecule has 1 fully saturated rings. The summed E-state index contributed by atoms with van der Waals surface area (Å²) in [5.74, 6) is -2.08. The molecule has 1 rings (SSSR count). The minimum absolute atomic E-state index is 0.125. The van der Waals surface area contributed by atoms with Crippen molar-refractivity contribution in [2.24, 2.45) is 11.3 Å². The highest BCUT2D eigenvalue weighted by Crippen LogP contribution is 2.41. The second-order valence-electron chi connectivity index (χ2n) is 4.95. The van der Waals surface area contributed by atoms with Gasteiger partial charge in [0.1, 0.15) is 0 Å². The van der Waals surface area contributed by atoms with Crippen LogP contribution in [0.25, 0.3) is 0 Å². The highest BCUT2D eigenvalue weighted by Gasteiger charge is 2.50. The molecule has 0 heterocycles. The minimum Gasteiger partial charge on any atom is -0.469 e. The molecule has 6 heteroatoms. The summed E-state index contributed by atoms with van der Waals surface area (Å²) in [5.41, 5.74) is -0.780. The van der Waals surface area contributed by atoms with Crippen LogP contribution < -0.4 is 0 Å². The molecular weight excluding hydrogens is 264 g/mol. The fourth-order valence-corrected chi connectivity index (χ4v) is 2.65. The summed E-state index contributed by atoms with van der Waals surface area (Å²) in [4.78, 5) is 35.8. The van der Waals surface area contributed by atoms with E-state index in [9.17, 15) is 14.4 Å². The van der Waals surface area contributed by atoms with Gasteiger partial charge < -0.3 is 14.2 Å². The number of carbonyl (C=O) groups excluding carboxylic acids is 3. The van der Waals surface area contributed by atoms with Gasteiger partial charge in [-0.1, -0.05) is 12.2 Å². The molecule has 1 atom stereocenters. The lowest BCUT2D eigenvalue weighted by atomic mass is 9.79. The Balaban J connectivity index is 3.09. The zero-order valence-electron chi connectivity index (χ0n) is 12.1. The lowest BCUT2D eigenvalue weighted by molar-refractivity contribution is -0.170. The van der Waals surface area contributed by atoms with Crippen LogP contribution in [0.1, 0.15) is 25.7 Å².